The highest BCUT2D eigenvalue weighted by Gasteiger charge is 2.19. The summed E-state index contributed by atoms with van der Waals surface area (Å²) in [5.41, 5.74) is 2.70. The van der Waals surface area contributed by atoms with Gasteiger partial charge in [-0.25, -0.2) is 4.39 Å². The van der Waals surface area contributed by atoms with E-state index >= 15 is 0 Å². The highest BCUT2D eigenvalue weighted by molar-refractivity contribution is 6.30. The monoisotopic (exact) mass is 306 g/mol. The van der Waals surface area contributed by atoms with Crippen molar-refractivity contribution < 1.29 is 14.3 Å². The molecule has 0 aromatic heterocycles. The van der Waals surface area contributed by atoms with Crippen LogP contribution in [0.2, 0.25) is 5.02 Å². The first-order valence-electron chi connectivity index (χ1n) is 6.68. The fourth-order valence-corrected chi connectivity index (χ4v) is 2.44. The van der Waals surface area contributed by atoms with Crippen LogP contribution >= 0.6 is 11.6 Å². The first-order chi connectivity index (χ1) is 9.95. The number of aliphatic carboxylic acids is 1. The summed E-state index contributed by atoms with van der Waals surface area (Å²) < 4.78 is 13.4. The number of carboxylic acid groups (broad SMARTS) is 1. The van der Waals surface area contributed by atoms with Crippen LogP contribution in [-0.2, 0) is 17.6 Å². The van der Waals surface area contributed by atoms with Gasteiger partial charge >= 0.3 is 5.97 Å². The van der Waals surface area contributed by atoms with Gasteiger partial charge in [0.05, 0.1) is 10.9 Å². The van der Waals surface area contributed by atoms with Gasteiger partial charge in [-0.05, 0) is 43.0 Å². The second kappa shape index (κ2) is 6.72. The summed E-state index contributed by atoms with van der Waals surface area (Å²) in [5.74, 6) is -1.99. The molecule has 2 aromatic carbocycles. The second-order valence-electron chi connectivity index (χ2n) is 5.18. The summed E-state index contributed by atoms with van der Waals surface area (Å²) >= 11 is 5.64. The zero-order valence-electron chi connectivity index (χ0n) is 11.6. The molecule has 0 radical (unpaired) electrons. The molecule has 0 aliphatic heterocycles. The zero-order valence-corrected chi connectivity index (χ0v) is 12.4. The van der Waals surface area contributed by atoms with Crippen molar-refractivity contribution in [1.82, 2.24) is 0 Å². The number of carboxylic acids is 1. The fraction of sp³-hybridized carbons (Fsp3) is 0.235. The Kier molecular flexibility index (Phi) is 4.97. The molecule has 0 heterocycles. The van der Waals surface area contributed by atoms with E-state index in [0.29, 0.717) is 12.0 Å². The third kappa shape index (κ3) is 4.30. The summed E-state index contributed by atoms with van der Waals surface area (Å²) in [6.45, 7) is 1.97. The summed E-state index contributed by atoms with van der Waals surface area (Å²) in [7, 11) is 0. The molecule has 0 saturated carbocycles. The summed E-state index contributed by atoms with van der Waals surface area (Å²) in [4.78, 5) is 11.4. The van der Waals surface area contributed by atoms with Crippen molar-refractivity contribution in [3.05, 3.63) is 70.0 Å². The Morgan fingerprint density at radius 2 is 1.86 bits per heavy atom. The van der Waals surface area contributed by atoms with Gasteiger partial charge in [0.1, 0.15) is 5.82 Å². The highest BCUT2D eigenvalue weighted by atomic mass is 35.5. The van der Waals surface area contributed by atoms with Gasteiger partial charge in [0.2, 0.25) is 0 Å². The normalized spacial score (nSPS) is 12.1. The third-order valence-corrected chi connectivity index (χ3v) is 3.69. The molecule has 2 aromatic rings. The Morgan fingerprint density at radius 1 is 1.19 bits per heavy atom. The van der Waals surface area contributed by atoms with Crippen LogP contribution in [0.15, 0.2) is 42.5 Å². The molecule has 4 heteroatoms. The number of rotatable bonds is 5. The van der Waals surface area contributed by atoms with Gasteiger partial charge in [0.25, 0.3) is 0 Å². The van der Waals surface area contributed by atoms with E-state index in [0.717, 1.165) is 11.1 Å². The zero-order chi connectivity index (χ0) is 15.4. The summed E-state index contributed by atoms with van der Waals surface area (Å²) in [6, 6.07) is 12.2. The summed E-state index contributed by atoms with van der Waals surface area (Å²) in [5, 5.41) is 9.41. The molecule has 0 amide bonds. The number of aryl methyl sites for hydroxylation is 1. The molecule has 110 valence electrons. The lowest BCUT2D eigenvalue weighted by Crippen LogP contribution is -2.19. The van der Waals surface area contributed by atoms with Crippen LogP contribution in [-0.4, -0.2) is 11.1 Å². The van der Waals surface area contributed by atoms with Gasteiger partial charge in [-0.15, -0.1) is 0 Å². The van der Waals surface area contributed by atoms with Gasteiger partial charge in [-0.1, -0.05) is 47.5 Å². The van der Waals surface area contributed by atoms with E-state index < -0.39 is 17.7 Å². The number of halogens is 2. The average Bonchev–Trinajstić information content (AvgIpc) is 2.42. The van der Waals surface area contributed by atoms with Crippen molar-refractivity contribution in [3.8, 4) is 0 Å². The molecular weight excluding hydrogens is 291 g/mol. The molecule has 1 N–H and O–H groups in total. The fourth-order valence-electron chi connectivity index (χ4n) is 2.32. The van der Waals surface area contributed by atoms with Crippen LogP contribution in [0.4, 0.5) is 4.39 Å². The minimum Gasteiger partial charge on any atom is -0.481 e. The molecule has 21 heavy (non-hydrogen) atoms. The van der Waals surface area contributed by atoms with Crippen molar-refractivity contribution in [2.75, 3.05) is 0 Å². The van der Waals surface area contributed by atoms with Crippen molar-refractivity contribution in [3.63, 3.8) is 0 Å². The van der Waals surface area contributed by atoms with E-state index in [-0.39, 0.29) is 11.4 Å². The van der Waals surface area contributed by atoms with E-state index in [1.165, 1.54) is 12.1 Å². The van der Waals surface area contributed by atoms with E-state index in [9.17, 15) is 14.3 Å². The maximum atomic E-state index is 13.4. The van der Waals surface area contributed by atoms with Crippen LogP contribution in [0, 0.1) is 18.7 Å². The van der Waals surface area contributed by atoms with Crippen LogP contribution < -0.4 is 0 Å². The molecule has 1 atom stereocenters. The molecule has 2 nitrogen and oxygen atoms in total. The molecule has 0 aliphatic rings. The predicted octanol–water partition coefficient (Wildman–Crippen LogP) is 4.27. The lowest BCUT2D eigenvalue weighted by atomic mass is 9.92. The maximum Gasteiger partial charge on any atom is 0.307 e. The molecule has 0 fully saturated rings. The predicted molar refractivity (Wildman–Crippen MR) is 81.1 cm³/mol. The Bertz CT molecular complexity index is 655. The maximum absolute atomic E-state index is 13.4. The van der Waals surface area contributed by atoms with Crippen molar-refractivity contribution in [2.45, 2.75) is 19.8 Å². The lowest BCUT2D eigenvalue weighted by Gasteiger charge is -2.13. The quantitative estimate of drug-likeness (QED) is 0.895. The Hall–Kier alpha value is -1.87. The molecule has 0 aliphatic carbocycles. The van der Waals surface area contributed by atoms with E-state index in [2.05, 4.69) is 0 Å². The van der Waals surface area contributed by atoms with Gasteiger partial charge < -0.3 is 5.11 Å². The Morgan fingerprint density at radius 3 is 2.43 bits per heavy atom. The molecule has 2 rings (SSSR count). The molecule has 0 saturated heterocycles. The Labute approximate surface area is 128 Å². The van der Waals surface area contributed by atoms with Gasteiger partial charge in [0.15, 0.2) is 0 Å². The van der Waals surface area contributed by atoms with Gasteiger partial charge in [-0.2, -0.15) is 0 Å². The van der Waals surface area contributed by atoms with Gasteiger partial charge in [-0.3, -0.25) is 4.79 Å². The number of hydrogen-bond donors (Lipinski definition) is 1. The standard InChI is InChI=1S/C17H16ClFO2/c1-11-3-2-4-12(7-11)8-14(17(20)21)9-13-5-6-15(18)16(19)10-13/h2-7,10,14H,8-9H2,1H3,(H,20,21). The minimum absolute atomic E-state index is 0.0457. The third-order valence-electron chi connectivity index (χ3n) is 3.38. The molecule has 1 unspecified atom stereocenters. The van der Waals surface area contributed by atoms with Crippen molar-refractivity contribution >= 4 is 17.6 Å². The molecule has 0 bridgehead atoms. The highest BCUT2D eigenvalue weighted by Crippen LogP contribution is 2.20. The number of benzene rings is 2. The number of hydrogen-bond acceptors (Lipinski definition) is 1. The van der Waals surface area contributed by atoms with E-state index in [1.54, 1.807) is 6.07 Å². The van der Waals surface area contributed by atoms with Crippen molar-refractivity contribution in [1.29, 1.82) is 0 Å². The first kappa shape index (κ1) is 15.5. The second-order valence-corrected chi connectivity index (χ2v) is 5.59. The van der Waals surface area contributed by atoms with Crippen LogP contribution in [0.1, 0.15) is 16.7 Å². The molecular formula is C17H16ClFO2. The minimum atomic E-state index is -0.883. The topological polar surface area (TPSA) is 37.3 Å². The SMILES string of the molecule is Cc1cccc(CC(Cc2ccc(Cl)c(F)c2)C(=O)O)c1. The van der Waals surface area contributed by atoms with Crippen LogP contribution in [0.25, 0.3) is 0 Å². The van der Waals surface area contributed by atoms with Gasteiger partial charge in [0, 0.05) is 0 Å². The lowest BCUT2D eigenvalue weighted by molar-refractivity contribution is -0.141. The first-order valence-corrected chi connectivity index (χ1v) is 7.06. The smallest absolute Gasteiger partial charge is 0.307 e. The Balaban J connectivity index is 2.15. The molecule has 0 spiro atoms. The van der Waals surface area contributed by atoms with E-state index in [4.69, 9.17) is 11.6 Å². The average molecular weight is 307 g/mol. The summed E-state index contributed by atoms with van der Waals surface area (Å²) in [6.07, 6.45) is 0.693. The number of carbonyl (C=O) groups is 1. The van der Waals surface area contributed by atoms with Crippen LogP contribution in [0.5, 0.6) is 0 Å². The van der Waals surface area contributed by atoms with E-state index in [1.807, 2.05) is 31.2 Å². The van der Waals surface area contributed by atoms with Crippen molar-refractivity contribution in [2.24, 2.45) is 5.92 Å². The largest absolute Gasteiger partial charge is 0.481 e. The van der Waals surface area contributed by atoms with Crippen LogP contribution in [0.3, 0.4) is 0 Å².